The summed E-state index contributed by atoms with van der Waals surface area (Å²) in [5.74, 6) is 2.15. The minimum absolute atomic E-state index is 0.314. The Kier molecular flexibility index (Phi) is 4.68. The van der Waals surface area contributed by atoms with Crippen molar-refractivity contribution in [2.75, 3.05) is 18.4 Å². The van der Waals surface area contributed by atoms with Crippen molar-refractivity contribution in [3.8, 4) is 11.3 Å². The average Bonchev–Trinajstić information content (AvgIpc) is 2.56. The maximum absolute atomic E-state index is 4.73. The van der Waals surface area contributed by atoms with Crippen LogP contribution in [0.3, 0.4) is 0 Å². The molecule has 1 aromatic carbocycles. The van der Waals surface area contributed by atoms with E-state index in [0.29, 0.717) is 12.0 Å². The number of hydrogen-bond acceptors (Lipinski definition) is 4. The highest BCUT2D eigenvalue weighted by Crippen LogP contribution is 2.23. The van der Waals surface area contributed by atoms with Crippen LogP contribution in [0.5, 0.6) is 0 Å². The highest BCUT2D eigenvalue weighted by Gasteiger charge is 2.15. The number of nitrogens with one attached hydrogen (secondary N) is 2. The van der Waals surface area contributed by atoms with Crippen LogP contribution >= 0.6 is 0 Å². The first kappa shape index (κ1) is 15.0. The van der Waals surface area contributed by atoms with Gasteiger partial charge in [-0.15, -0.1) is 0 Å². The van der Waals surface area contributed by atoms with Gasteiger partial charge in [0.25, 0.3) is 0 Å². The molecule has 116 valence electrons. The van der Waals surface area contributed by atoms with E-state index < -0.39 is 0 Å². The van der Waals surface area contributed by atoms with E-state index in [4.69, 9.17) is 9.97 Å². The Morgan fingerprint density at radius 2 is 2.00 bits per heavy atom. The van der Waals surface area contributed by atoms with Crippen LogP contribution in [0.15, 0.2) is 36.4 Å². The second kappa shape index (κ2) is 6.88. The Bertz CT molecular complexity index is 604. The van der Waals surface area contributed by atoms with E-state index in [0.717, 1.165) is 36.0 Å². The quantitative estimate of drug-likeness (QED) is 0.907. The molecule has 1 aliphatic heterocycles. The van der Waals surface area contributed by atoms with Gasteiger partial charge in [-0.2, -0.15) is 0 Å². The first-order valence-corrected chi connectivity index (χ1v) is 8.14. The van der Waals surface area contributed by atoms with Crippen molar-refractivity contribution in [3.05, 3.63) is 42.2 Å². The molecule has 2 heterocycles. The molecule has 0 spiro atoms. The molecular weight excluding hydrogens is 272 g/mol. The first-order chi connectivity index (χ1) is 10.7. The Labute approximate surface area is 132 Å². The maximum atomic E-state index is 4.73. The van der Waals surface area contributed by atoms with Gasteiger partial charge < -0.3 is 10.6 Å². The summed E-state index contributed by atoms with van der Waals surface area (Å²) < 4.78 is 0. The fraction of sp³-hybridized carbons (Fsp3) is 0.444. The van der Waals surface area contributed by atoms with E-state index in [1.54, 1.807) is 0 Å². The number of benzene rings is 1. The van der Waals surface area contributed by atoms with Crippen molar-refractivity contribution < 1.29 is 0 Å². The molecule has 4 nitrogen and oxygen atoms in total. The number of hydrogen-bond donors (Lipinski definition) is 2. The number of piperidine rings is 1. The van der Waals surface area contributed by atoms with Crippen molar-refractivity contribution in [1.82, 2.24) is 15.3 Å². The zero-order chi connectivity index (χ0) is 15.4. The van der Waals surface area contributed by atoms with Gasteiger partial charge in [0.1, 0.15) is 11.6 Å². The molecule has 4 heteroatoms. The van der Waals surface area contributed by atoms with E-state index in [2.05, 4.69) is 42.7 Å². The molecular formula is C18H24N4. The van der Waals surface area contributed by atoms with Crippen LogP contribution in [0.25, 0.3) is 11.3 Å². The second-order valence-corrected chi connectivity index (χ2v) is 6.20. The first-order valence-electron chi connectivity index (χ1n) is 8.14. The van der Waals surface area contributed by atoms with Crippen LogP contribution in [-0.4, -0.2) is 29.1 Å². The van der Waals surface area contributed by atoms with Crippen LogP contribution in [0.1, 0.15) is 38.4 Å². The second-order valence-electron chi connectivity index (χ2n) is 6.20. The number of anilines is 1. The van der Waals surface area contributed by atoms with Crippen LogP contribution in [0, 0.1) is 0 Å². The molecule has 22 heavy (non-hydrogen) atoms. The summed E-state index contributed by atoms with van der Waals surface area (Å²) in [5, 5.41) is 7.01. The number of rotatable bonds is 4. The van der Waals surface area contributed by atoms with E-state index in [1.807, 2.05) is 18.2 Å². The third-order valence-corrected chi connectivity index (χ3v) is 3.98. The molecule has 0 bridgehead atoms. The Hall–Kier alpha value is -1.94. The molecule has 2 N–H and O–H groups in total. The van der Waals surface area contributed by atoms with Crippen molar-refractivity contribution in [3.63, 3.8) is 0 Å². The normalized spacial score (nSPS) is 18.4. The van der Waals surface area contributed by atoms with E-state index >= 15 is 0 Å². The van der Waals surface area contributed by atoms with Gasteiger partial charge in [0.05, 0.1) is 5.69 Å². The minimum atomic E-state index is 0.314. The molecule has 0 aliphatic carbocycles. The lowest BCUT2D eigenvalue weighted by Crippen LogP contribution is -2.38. The molecule has 1 saturated heterocycles. The topological polar surface area (TPSA) is 49.8 Å². The third-order valence-electron chi connectivity index (χ3n) is 3.98. The fourth-order valence-corrected chi connectivity index (χ4v) is 2.74. The van der Waals surface area contributed by atoms with Crippen LogP contribution in [0.2, 0.25) is 0 Å². The summed E-state index contributed by atoms with van der Waals surface area (Å²) in [6.45, 7) is 6.39. The molecule has 1 unspecified atom stereocenters. The predicted molar refractivity (Wildman–Crippen MR) is 91.1 cm³/mol. The monoisotopic (exact) mass is 296 g/mol. The van der Waals surface area contributed by atoms with Gasteiger partial charge in [-0.3, -0.25) is 0 Å². The molecule has 1 aliphatic rings. The summed E-state index contributed by atoms with van der Waals surface area (Å²) in [7, 11) is 0. The summed E-state index contributed by atoms with van der Waals surface area (Å²) in [6.07, 6.45) is 2.40. The lowest BCUT2D eigenvalue weighted by Gasteiger charge is -2.24. The lowest BCUT2D eigenvalue weighted by molar-refractivity contribution is 0.478. The molecule has 3 rings (SSSR count). The molecule has 1 atom stereocenters. The maximum Gasteiger partial charge on any atom is 0.133 e. The van der Waals surface area contributed by atoms with Gasteiger partial charge in [-0.05, 0) is 19.4 Å². The lowest BCUT2D eigenvalue weighted by atomic mass is 10.1. The smallest absolute Gasteiger partial charge is 0.133 e. The fourth-order valence-electron chi connectivity index (χ4n) is 2.74. The number of nitrogens with zero attached hydrogens (tertiary/aromatic N) is 2. The Balaban J connectivity index is 1.90. The van der Waals surface area contributed by atoms with Crippen LogP contribution in [0.4, 0.5) is 5.82 Å². The van der Waals surface area contributed by atoms with E-state index in [9.17, 15) is 0 Å². The zero-order valence-electron chi connectivity index (χ0n) is 13.3. The zero-order valence-corrected chi connectivity index (χ0v) is 13.3. The molecule has 0 amide bonds. The van der Waals surface area contributed by atoms with Crippen LogP contribution < -0.4 is 10.6 Å². The van der Waals surface area contributed by atoms with E-state index in [1.165, 1.54) is 12.8 Å². The molecule has 1 aromatic heterocycles. The molecule has 2 aromatic rings. The van der Waals surface area contributed by atoms with Gasteiger partial charge in [0, 0.05) is 30.1 Å². The molecule has 0 saturated carbocycles. The number of aromatic nitrogens is 2. The van der Waals surface area contributed by atoms with Crippen molar-refractivity contribution >= 4 is 5.82 Å². The highest BCUT2D eigenvalue weighted by molar-refractivity contribution is 5.62. The van der Waals surface area contributed by atoms with Crippen LogP contribution in [-0.2, 0) is 0 Å². The van der Waals surface area contributed by atoms with Gasteiger partial charge >= 0.3 is 0 Å². The summed E-state index contributed by atoms with van der Waals surface area (Å²) in [4.78, 5) is 9.43. The SMILES string of the molecule is CC(C)c1nc(NC2CCCNC2)cc(-c2ccccc2)n1. The van der Waals surface area contributed by atoms with Crippen molar-refractivity contribution in [2.45, 2.75) is 38.6 Å². The predicted octanol–water partition coefficient (Wildman–Crippen LogP) is 3.43. The van der Waals surface area contributed by atoms with Crippen molar-refractivity contribution in [1.29, 1.82) is 0 Å². The van der Waals surface area contributed by atoms with Gasteiger partial charge in [0.15, 0.2) is 0 Å². The van der Waals surface area contributed by atoms with Gasteiger partial charge in [-0.25, -0.2) is 9.97 Å². The van der Waals surface area contributed by atoms with Gasteiger partial charge in [-0.1, -0.05) is 44.2 Å². The Morgan fingerprint density at radius 3 is 2.68 bits per heavy atom. The van der Waals surface area contributed by atoms with Gasteiger partial charge in [0.2, 0.25) is 0 Å². The van der Waals surface area contributed by atoms with Crippen molar-refractivity contribution in [2.24, 2.45) is 0 Å². The average molecular weight is 296 g/mol. The molecule has 0 radical (unpaired) electrons. The minimum Gasteiger partial charge on any atom is -0.366 e. The third kappa shape index (κ3) is 3.63. The standard InChI is InChI=1S/C18H24N4/c1-13(2)18-21-16(14-7-4-3-5-8-14)11-17(22-18)20-15-9-6-10-19-12-15/h3-5,7-8,11,13,15,19H,6,9-10,12H2,1-2H3,(H,20,21,22). The summed E-state index contributed by atoms with van der Waals surface area (Å²) in [6, 6.07) is 12.8. The Morgan fingerprint density at radius 1 is 1.18 bits per heavy atom. The largest absolute Gasteiger partial charge is 0.366 e. The summed E-state index contributed by atoms with van der Waals surface area (Å²) >= 11 is 0. The summed E-state index contributed by atoms with van der Waals surface area (Å²) in [5.41, 5.74) is 2.13. The molecule has 1 fully saturated rings. The van der Waals surface area contributed by atoms with E-state index in [-0.39, 0.29) is 0 Å². The highest BCUT2D eigenvalue weighted by atomic mass is 15.1.